The van der Waals surface area contributed by atoms with Gasteiger partial charge in [-0.25, -0.2) is 0 Å². The number of amides is 7. The second-order valence-electron chi connectivity index (χ2n) is 23.6. The molecule has 9 atom stereocenters. The van der Waals surface area contributed by atoms with Crippen molar-refractivity contribution < 1.29 is 33.6 Å². The van der Waals surface area contributed by atoms with Crippen LogP contribution in [0.2, 0.25) is 0 Å². The highest BCUT2D eigenvalue weighted by Crippen LogP contribution is 2.36. The summed E-state index contributed by atoms with van der Waals surface area (Å²) in [6, 6.07) is 15.6. The minimum Gasteiger partial charge on any atom is -0.347 e. The summed E-state index contributed by atoms with van der Waals surface area (Å²) in [5, 5.41) is 21.8. The Hall–Kier alpha value is -6.13. The molecule has 7 N–H and O–H groups in total. The van der Waals surface area contributed by atoms with Crippen LogP contribution in [0.1, 0.15) is 149 Å². The first-order valence-corrected chi connectivity index (χ1v) is 26.9. The van der Waals surface area contributed by atoms with E-state index < -0.39 is 64.9 Å². The number of hydrogen-bond acceptors (Lipinski definition) is 9. The average molecular weight is 1010 g/mol. The van der Waals surface area contributed by atoms with Crippen LogP contribution in [0, 0.1) is 16.7 Å². The lowest BCUT2D eigenvalue weighted by atomic mass is 9.83. The molecule has 5 aliphatic rings. The van der Waals surface area contributed by atoms with E-state index in [1.54, 1.807) is 38.1 Å². The summed E-state index contributed by atoms with van der Waals surface area (Å²) in [4.78, 5) is 104. The molecule has 3 aromatic rings. The van der Waals surface area contributed by atoms with Crippen LogP contribution in [0.5, 0.6) is 0 Å². The highest BCUT2D eigenvalue weighted by molar-refractivity contribution is 5.97. The van der Waals surface area contributed by atoms with E-state index in [0.29, 0.717) is 11.1 Å². The molecule has 0 bridgehead atoms. The fourth-order valence-corrected chi connectivity index (χ4v) is 11.5. The molecule has 0 spiro atoms. The van der Waals surface area contributed by atoms with Gasteiger partial charge in [0.05, 0.1) is 24.2 Å². The lowest BCUT2D eigenvalue weighted by Crippen LogP contribution is -2.62. The second kappa shape index (κ2) is 22.4. The minimum absolute atomic E-state index is 0.0134. The largest absolute Gasteiger partial charge is 0.347 e. The maximum Gasteiger partial charge on any atom is 0.251 e. The van der Waals surface area contributed by atoms with Crippen LogP contribution in [0.3, 0.4) is 0 Å². The third-order valence-corrected chi connectivity index (χ3v) is 16.1. The Bertz CT molecular complexity index is 2620. The quantitative estimate of drug-likeness (QED) is 0.113. The third-order valence-electron chi connectivity index (χ3n) is 16.1. The van der Waals surface area contributed by atoms with Gasteiger partial charge in [0.1, 0.15) is 24.2 Å². The molecule has 2 fully saturated rings. The van der Waals surface area contributed by atoms with Gasteiger partial charge in [0.2, 0.25) is 35.4 Å². The first kappa shape index (κ1) is 54.1. The number of carbonyl (C=O) groups excluding carboxylic acids is 7. The minimum atomic E-state index is -0.976. The van der Waals surface area contributed by atoms with Crippen LogP contribution < -0.4 is 37.2 Å². The van der Waals surface area contributed by atoms with E-state index in [9.17, 15) is 28.8 Å². The van der Waals surface area contributed by atoms with Gasteiger partial charge in [-0.1, -0.05) is 96.1 Å². The van der Waals surface area contributed by atoms with Gasteiger partial charge >= 0.3 is 0 Å². The molecule has 3 aliphatic carbocycles. The van der Waals surface area contributed by atoms with Crippen LogP contribution in [-0.2, 0) is 54.6 Å². The van der Waals surface area contributed by atoms with Crippen molar-refractivity contribution in [1.29, 1.82) is 0 Å². The standard InChI is InChI=1S/C58H79N9O7/c1-33(59-8)50(68)64-48(57(2,3)4)56(74)67-32-40(30-46(67)53(71)63-44-23-15-19-35-17-11-13-21-42(35)44)61-51(69)38-27-26-37-29-45(52(70)62-43-22-14-18-34-16-10-12-20-41(34)43)66(31-39(37)28-38)55(73)49(58(5,6)7)65-54(72)47(60-9)36-24-25-36/h10-13,16-17,20-21,26-28,33,36,40,43-49,59-60H,14-15,18-19,22-25,29-32H2,1-9H3,(H,61,69)(H,62,70)(H,63,71)(H,64,68)(H,65,72)/t33-,40-,43+,44+,45-,46-,47-,48+,49+/m0/s1. The van der Waals surface area contributed by atoms with Gasteiger partial charge in [0.25, 0.3) is 5.91 Å². The Balaban J connectivity index is 1.06. The van der Waals surface area contributed by atoms with E-state index in [1.165, 1.54) is 16.0 Å². The Labute approximate surface area is 437 Å². The van der Waals surface area contributed by atoms with Gasteiger partial charge in [0, 0.05) is 31.1 Å². The van der Waals surface area contributed by atoms with Crippen LogP contribution in [0.25, 0.3) is 0 Å². The molecule has 74 heavy (non-hydrogen) atoms. The number of nitrogens with one attached hydrogen (secondary N) is 7. The van der Waals surface area contributed by atoms with Gasteiger partial charge in [-0.3, -0.25) is 33.6 Å². The summed E-state index contributed by atoms with van der Waals surface area (Å²) in [7, 11) is 3.42. The monoisotopic (exact) mass is 1010 g/mol. The van der Waals surface area contributed by atoms with Crippen LogP contribution in [-0.4, -0.2) is 114 Å². The Morgan fingerprint density at radius 3 is 1.68 bits per heavy atom. The molecular weight excluding hydrogens is 935 g/mol. The molecule has 7 amide bonds. The molecule has 0 radical (unpaired) electrons. The molecule has 8 rings (SSSR count). The maximum atomic E-state index is 15.2. The molecule has 0 aromatic heterocycles. The summed E-state index contributed by atoms with van der Waals surface area (Å²) >= 11 is 0. The van der Waals surface area contributed by atoms with E-state index in [4.69, 9.17) is 0 Å². The first-order valence-electron chi connectivity index (χ1n) is 26.9. The number of benzene rings is 3. The molecule has 2 aliphatic heterocycles. The van der Waals surface area contributed by atoms with E-state index in [-0.39, 0.29) is 73.5 Å². The van der Waals surface area contributed by atoms with Gasteiger partial charge in [-0.2, -0.15) is 0 Å². The SMILES string of the molecule is CN[C@@H](C)C(=O)N[C@H](C(=O)N1C[C@@H](NC(=O)c2ccc3c(c2)CN(C(=O)[C@@H](NC(=O)[C@@H](NC)C2CC2)C(C)(C)C)[C@H](C(=O)N[C@@H]2CCCc4ccccc42)C3)C[C@H]1C(=O)N[C@@H]1CCCc2ccccc21)C(C)(C)C. The number of nitrogens with zero attached hydrogens (tertiary/aromatic N) is 2. The van der Waals surface area contributed by atoms with E-state index >= 15 is 4.79 Å². The summed E-state index contributed by atoms with van der Waals surface area (Å²) in [6.07, 6.45) is 7.35. The highest BCUT2D eigenvalue weighted by Gasteiger charge is 2.48. The molecule has 2 heterocycles. The molecule has 0 unspecified atom stereocenters. The number of fused-ring (bicyclic) bond motifs is 3. The summed E-state index contributed by atoms with van der Waals surface area (Å²) < 4.78 is 0. The predicted octanol–water partition coefficient (Wildman–Crippen LogP) is 4.69. The summed E-state index contributed by atoms with van der Waals surface area (Å²) in [5.41, 5.74) is 4.87. The van der Waals surface area contributed by atoms with E-state index in [2.05, 4.69) is 55.4 Å². The average Bonchev–Trinajstić information content (AvgIpc) is 4.12. The zero-order valence-electron chi connectivity index (χ0n) is 44.9. The molecule has 3 aromatic carbocycles. The molecule has 398 valence electrons. The Kier molecular flexibility index (Phi) is 16.4. The van der Waals surface area contributed by atoms with Gasteiger partial charge < -0.3 is 47.0 Å². The Morgan fingerprint density at radius 1 is 0.595 bits per heavy atom. The van der Waals surface area contributed by atoms with Crippen LogP contribution in [0.4, 0.5) is 0 Å². The number of hydrogen-bond donors (Lipinski definition) is 7. The van der Waals surface area contributed by atoms with E-state index in [0.717, 1.165) is 68.1 Å². The molecule has 1 saturated heterocycles. The van der Waals surface area contributed by atoms with Crippen LogP contribution >= 0.6 is 0 Å². The lowest BCUT2D eigenvalue weighted by Gasteiger charge is -2.42. The smallest absolute Gasteiger partial charge is 0.251 e. The van der Waals surface area contributed by atoms with E-state index in [1.807, 2.05) is 77.9 Å². The van der Waals surface area contributed by atoms with Crippen molar-refractivity contribution >= 4 is 41.4 Å². The molecule has 16 nitrogen and oxygen atoms in total. The zero-order valence-corrected chi connectivity index (χ0v) is 44.9. The van der Waals surface area contributed by atoms with Crippen molar-refractivity contribution in [2.45, 2.75) is 174 Å². The molecule has 16 heteroatoms. The Morgan fingerprint density at radius 2 is 1.14 bits per heavy atom. The van der Waals surface area contributed by atoms with Crippen molar-refractivity contribution in [3.63, 3.8) is 0 Å². The van der Waals surface area contributed by atoms with Crippen molar-refractivity contribution in [3.05, 3.63) is 106 Å². The van der Waals surface area contributed by atoms with Gasteiger partial charge in [-0.05, 0) is 141 Å². The summed E-state index contributed by atoms with van der Waals surface area (Å²) in [5.74, 6) is -2.27. The predicted molar refractivity (Wildman–Crippen MR) is 283 cm³/mol. The fraction of sp³-hybridized carbons (Fsp3) is 0.569. The summed E-state index contributed by atoms with van der Waals surface area (Å²) in [6.45, 7) is 13.1. The number of aryl methyl sites for hydroxylation is 2. The molecule has 1 saturated carbocycles. The topological polar surface area (TPSA) is 210 Å². The number of rotatable bonds is 15. The van der Waals surface area contributed by atoms with Crippen LogP contribution in [0.15, 0.2) is 66.7 Å². The number of likely N-dealkylation sites (N-methyl/N-ethyl adjacent to an activating group) is 2. The molecular formula is C58H79N9O7. The first-order chi connectivity index (χ1) is 35.2. The lowest BCUT2D eigenvalue weighted by molar-refractivity contribution is -0.147. The highest BCUT2D eigenvalue weighted by atomic mass is 16.2. The zero-order chi connectivity index (χ0) is 53.2. The normalized spacial score (nSPS) is 23.1. The van der Waals surface area contributed by atoms with Gasteiger partial charge in [-0.15, -0.1) is 0 Å². The van der Waals surface area contributed by atoms with Crippen molar-refractivity contribution in [1.82, 2.24) is 47.0 Å². The maximum absolute atomic E-state index is 15.2. The van der Waals surface area contributed by atoms with Gasteiger partial charge in [0.15, 0.2) is 0 Å². The second-order valence-corrected chi connectivity index (χ2v) is 23.6. The fourth-order valence-electron chi connectivity index (χ4n) is 11.5. The third kappa shape index (κ3) is 12.0. The number of likely N-dealkylation sites (tertiary alicyclic amines) is 1. The van der Waals surface area contributed by atoms with Crippen molar-refractivity contribution in [2.75, 3.05) is 20.6 Å². The number of carbonyl (C=O) groups is 7. The van der Waals surface area contributed by atoms with Crippen molar-refractivity contribution in [2.24, 2.45) is 16.7 Å². The van der Waals surface area contributed by atoms with Crippen molar-refractivity contribution in [3.8, 4) is 0 Å².